The van der Waals surface area contributed by atoms with Gasteiger partial charge in [0, 0.05) is 19.5 Å². The van der Waals surface area contributed by atoms with E-state index in [1.165, 1.54) is 14.2 Å². The molecular formula is C7H14N2O4. The lowest BCUT2D eigenvalue weighted by atomic mass is 10.2. The summed E-state index contributed by atoms with van der Waals surface area (Å²) in [5.41, 5.74) is 0. The van der Waals surface area contributed by atoms with Crippen LogP contribution in [0.4, 0.5) is 4.79 Å². The summed E-state index contributed by atoms with van der Waals surface area (Å²) in [4.78, 5) is 25.9. The zero-order valence-corrected chi connectivity index (χ0v) is 7.90. The fourth-order valence-corrected chi connectivity index (χ4v) is 0.754. The van der Waals surface area contributed by atoms with Crippen LogP contribution in [0.2, 0.25) is 0 Å². The molecule has 0 aromatic rings. The SMILES string of the molecule is CON(C)C(=O)C[C@H](C)NC(=O)O. The molecule has 6 nitrogen and oxygen atoms in total. The number of rotatable bonds is 4. The minimum Gasteiger partial charge on any atom is -0.465 e. The van der Waals surface area contributed by atoms with E-state index < -0.39 is 12.1 Å². The van der Waals surface area contributed by atoms with Gasteiger partial charge in [0.05, 0.1) is 7.11 Å². The van der Waals surface area contributed by atoms with E-state index in [1.54, 1.807) is 6.92 Å². The van der Waals surface area contributed by atoms with Crippen LogP contribution in [0.3, 0.4) is 0 Å². The van der Waals surface area contributed by atoms with Gasteiger partial charge in [0.25, 0.3) is 0 Å². The fourth-order valence-electron chi connectivity index (χ4n) is 0.754. The molecule has 0 saturated heterocycles. The number of nitrogens with one attached hydrogen (secondary N) is 1. The average Bonchev–Trinajstić information content (AvgIpc) is 2.01. The van der Waals surface area contributed by atoms with Crippen LogP contribution in [0.15, 0.2) is 0 Å². The molecule has 6 heteroatoms. The highest BCUT2D eigenvalue weighted by atomic mass is 16.7. The maximum Gasteiger partial charge on any atom is 0.404 e. The van der Waals surface area contributed by atoms with Gasteiger partial charge in [-0.2, -0.15) is 0 Å². The molecule has 2 amide bonds. The molecule has 0 rings (SSSR count). The number of amides is 2. The number of hydrogen-bond acceptors (Lipinski definition) is 3. The molecular weight excluding hydrogens is 176 g/mol. The largest absolute Gasteiger partial charge is 0.465 e. The third-order valence-corrected chi connectivity index (χ3v) is 1.48. The van der Waals surface area contributed by atoms with Gasteiger partial charge in [-0.25, -0.2) is 9.86 Å². The zero-order chi connectivity index (χ0) is 10.4. The molecule has 0 radical (unpaired) electrons. The molecule has 0 aromatic carbocycles. The Hall–Kier alpha value is -1.30. The second kappa shape index (κ2) is 5.36. The highest BCUT2D eigenvalue weighted by molar-refractivity contribution is 5.76. The van der Waals surface area contributed by atoms with Crippen molar-refractivity contribution in [1.82, 2.24) is 10.4 Å². The van der Waals surface area contributed by atoms with Crippen molar-refractivity contribution in [2.75, 3.05) is 14.2 Å². The van der Waals surface area contributed by atoms with Crippen molar-refractivity contribution in [1.29, 1.82) is 0 Å². The lowest BCUT2D eigenvalue weighted by Crippen LogP contribution is -2.36. The van der Waals surface area contributed by atoms with E-state index in [-0.39, 0.29) is 12.3 Å². The molecule has 0 spiro atoms. The van der Waals surface area contributed by atoms with Crippen LogP contribution in [0, 0.1) is 0 Å². The van der Waals surface area contributed by atoms with Crippen molar-refractivity contribution in [2.45, 2.75) is 19.4 Å². The summed E-state index contributed by atoms with van der Waals surface area (Å²) in [6.07, 6.45) is -1.06. The van der Waals surface area contributed by atoms with Crippen LogP contribution < -0.4 is 5.32 Å². The van der Waals surface area contributed by atoms with Gasteiger partial charge in [0.1, 0.15) is 0 Å². The van der Waals surface area contributed by atoms with E-state index in [9.17, 15) is 9.59 Å². The van der Waals surface area contributed by atoms with Gasteiger partial charge in [0.2, 0.25) is 5.91 Å². The number of nitrogens with zero attached hydrogens (tertiary/aromatic N) is 1. The summed E-state index contributed by atoms with van der Waals surface area (Å²) >= 11 is 0. The first-order chi connectivity index (χ1) is 5.97. The maximum absolute atomic E-state index is 11.1. The second-order valence-corrected chi connectivity index (χ2v) is 2.63. The smallest absolute Gasteiger partial charge is 0.404 e. The van der Waals surface area contributed by atoms with E-state index in [2.05, 4.69) is 10.2 Å². The number of carbonyl (C=O) groups excluding carboxylic acids is 1. The van der Waals surface area contributed by atoms with Crippen LogP contribution in [-0.4, -0.2) is 42.4 Å². The molecule has 1 atom stereocenters. The minimum absolute atomic E-state index is 0.0800. The maximum atomic E-state index is 11.1. The molecule has 0 saturated carbocycles. The zero-order valence-electron chi connectivity index (χ0n) is 7.90. The number of hydrogen-bond donors (Lipinski definition) is 2. The predicted molar refractivity (Wildman–Crippen MR) is 45.0 cm³/mol. The van der Waals surface area contributed by atoms with Gasteiger partial charge in [-0.1, -0.05) is 0 Å². The normalized spacial score (nSPS) is 11.9. The molecule has 0 aliphatic carbocycles. The van der Waals surface area contributed by atoms with Crippen molar-refractivity contribution in [3.05, 3.63) is 0 Å². The Kier molecular flexibility index (Phi) is 4.83. The summed E-state index contributed by atoms with van der Waals surface area (Å²) in [7, 11) is 2.84. The first-order valence-corrected chi connectivity index (χ1v) is 3.77. The Morgan fingerprint density at radius 3 is 2.54 bits per heavy atom. The number of carboxylic acid groups (broad SMARTS) is 1. The Labute approximate surface area is 76.4 Å². The Morgan fingerprint density at radius 1 is 1.62 bits per heavy atom. The highest BCUT2D eigenvalue weighted by Crippen LogP contribution is 1.96. The summed E-state index contributed by atoms with van der Waals surface area (Å²) < 4.78 is 0. The minimum atomic E-state index is -1.14. The molecule has 0 fully saturated rings. The van der Waals surface area contributed by atoms with Crippen LogP contribution in [0.25, 0.3) is 0 Å². The molecule has 13 heavy (non-hydrogen) atoms. The predicted octanol–water partition coefficient (Wildman–Crippen LogP) is 0.0524. The van der Waals surface area contributed by atoms with E-state index in [0.29, 0.717) is 0 Å². The second-order valence-electron chi connectivity index (χ2n) is 2.63. The quantitative estimate of drug-likeness (QED) is 0.614. The van der Waals surface area contributed by atoms with E-state index in [4.69, 9.17) is 5.11 Å². The topological polar surface area (TPSA) is 78.9 Å². The number of hydroxylamine groups is 2. The van der Waals surface area contributed by atoms with Gasteiger partial charge >= 0.3 is 6.09 Å². The van der Waals surface area contributed by atoms with Crippen molar-refractivity contribution in [3.63, 3.8) is 0 Å². The Bertz CT molecular complexity index is 195. The summed E-state index contributed by atoms with van der Waals surface area (Å²) in [5.74, 6) is -0.274. The molecule has 76 valence electrons. The van der Waals surface area contributed by atoms with Gasteiger partial charge < -0.3 is 10.4 Å². The highest BCUT2D eigenvalue weighted by Gasteiger charge is 2.14. The molecule has 0 unspecified atom stereocenters. The third kappa shape index (κ3) is 5.02. The van der Waals surface area contributed by atoms with Gasteiger partial charge in [-0.3, -0.25) is 9.63 Å². The molecule has 0 aromatic heterocycles. The van der Waals surface area contributed by atoms with E-state index in [1.807, 2.05) is 0 Å². The molecule has 2 N–H and O–H groups in total. The lowest BCUT2D eigenvalue weighted by Gasteiger charge is -2.16. The molecule has 0 aliphatic heterocycles. The van der Waals surface area contributed by atoms with E-state index >= 15 is 0 Å². The summed E-state index contributed by atoms with van der Waals surface area (Å²) in [5, 5.41) is 11.5. The van der Waals surface area contributed by atoms with Crippen LogP contribution in [0.5, 0.6) is 0 Å². The molecule has 0 aliphatic rings. The standard InChI is InChI=1S/C7H14N2O4/c1-5(8-7(11)12)4-6(10)9(2)13-3/h5,8H,4H2,1-3H3,(H,11,12)/t5-/m0/s1. The van der Waals surface area contributed by atoms with Crippen molar-refractivity contribution in [3.8, 4) is 0 Å². The summed E-state index contributed by atoms with van der Waals surface area (Å²) in [6.45, 7) is 1.61. The Morgan fingerprint density at radius 2 is 2.15 bits per heavy atom. The average molecular weight is 190 g/mol. The first-order valence-electron chi connectivity index (χ1n) is 3.77. The van der Waals surface area contributed by atoms with Crippen LogP contribution in [0.1, 0.15) is 13.3 Å². The molecule has 0 heterocycles. The first kappa shape index (κ1) is 11.7. The third-order valence-electron chi connectivity index (χ3n) is 1.48. The fraction of sp³-hybridized carbons (Fsp3) is 0.714. The Balaban J connectivity index is 3.84. The summed E-state index contributed by atoms with van der Waals surface area (Å²) in [6, 6.07) is -0.414. The van der Waals surface area contributed by atoms with E-state index in [0.717, 1.165) is 5.06 Å². The van der Waals surface area contributed by atoms with Gasteiger partial charge in [-0.15, -0.1) is 0 Å². The van der Waals surface area contributed by atoms with Crippen molar-refractivity contribution in [2.24, 2.45) is 0 Å². The number of carbonyl (C=O) groups is 2. The lowest BCUT2D eigenvalue weighted by molar-refractivity contribution is -0.169. The van der Waals surface area contributed by atoms with Crippen LogP contribution >= 0.6 is 0 Å². The van der Waals surface area contributed by atoms with Crippen molar-refractivity contribution >= 4 is 12.0 Å². The van der Waals surface area contributed by atoms with Gasteiger partial charge in [0.15, 0.2) is 0 Å². The molecule has 0 bridgehead atoms. The monoisotopic (exact) mass is 190 g/mol. The van der Waals surface area contributed by atoms with Crippen LogP contribution in [-0.2, 0) is 9.63 Å². The van der Waals surface area contributed by atoms with Gasteiger partial charge in [-0.05, 0) is 6.92 Å². The van der Waals surface area contributed by atoms with Crippen molar-refractivity contribution < 1.29 is 19.5 Å².